The Balaban J connectivity index is 2.57. The molecule has 0 spiro atoms. The Hall–Kier alpha value is -1.57. The van der Waals surface area contributed by atoms with Gasteiger partial charge in [0.2, 0.25) is 5.88 Å². The van der Waals surface area contributed by atoms with Crippen LogP contribution < -0.4 is 4.74 Å². The smallest absolute Gasteiger partial charge is 0.213 e. The monoisotopic (exact) mass is 201 g/mol. The summed E-state index contributed by atoms with van der Waals surface area (Å²) in [6.45, 7) is 4.36. The second-order valence-electron chi connectivity index (χ2n) is 3.96. The maximum Gasteiger partial charge on any atom is 0.213 e. The van der Waals surface area contributed by atoms with Gasteiger partial charge in [-0.2, -0.15) is 0 Å². The molecule has 0 bridgehead atoms. The molecule has 2 rings (SSSR count). The minimum atomic E-state index is 0.530. The minimum absolute atomic E-state index is 0.530. The van der Waals surface area contributed by atoms with Gasteiger partial charge in [0, 0.05) is 11.5 Å². The van der Waals surface area contributed by atoms with Gasteiger partial charge in [-0.15, -0.1) is 0 Å². The number of hydrogen-bond acceptors (Lipinski definition) is 2. The van der Waals surface area contributed by atoms with Crippen molar-refractivity contribution in [2.45, 2.75) is 19.8 Å². The first-order valence-corrected chi connectivity index (χ1v) is 5.15. The second-order valence-corrected chi connectivity index (χ2v) is 3.96. The molecule has 0 saturated carbocycles. The van der Waals surface area contributed by atoms with Gasteiger partial charge in [0.15, 0.2) is 0 Å². The Bertz CT molecular complexity index is 477. The van der Waals surface area contributed by atoms with Crippen LogP contribution in [0.3, 0.4) is 0 Å². The third kappa shape index (κ3) is 1.94. The molecule has 0 aliphatic rings. The van der Waals surface area contributed by atoms with E-state index in [1.807, 2.05) is 12.1 Å². The predicted octanol–water partition coefficient (Wildman–Crippen LogP) is 3.37. The van der Waals surface area contributed by atoms with Gasteiger partial charge in [-0.1, -0.05) is 26.0 Å². The molecular weight excluding hydrogens is 186 g/mol. The summed E-state index contributed by atoms with van der Waals surface area (Å²) in [6, 6.07) is 10.3. The third-order valence-corrected chi connectivity index (χ3v) is 2.57. The number of rotatable bonds is 2. The summed E-state index contributed by atoms with van der Waals surface area (Å²) in [4.78, 5) is 4.41. The quantitative estimate of drug-likeness (QED) is 0.743. The summed E-state index contributed by atoms with van der Waals surface area (Å²) in [5.74, 6) is 1.20. The molecule has 0 radical (unpaired) electrons. The number of pyridine rings is 1. The van der Waals surface area contributed by atoms with E-state index in [-0.39, 0.29) is 0 Å². The molecule has 0 saturated heterocycles. The molecule has 2 aromatic rings. The Kier molecular flexibility index (Phi) is 2.58. The summed E-state index contributed by atoms with van der Waals surface area (Å²) >= 11 is 0. The van der Waals surface area contributed by atoms with E-state index in [0.717, 1.165) is 10.9 Å². The molecule has 0 aliphatic carbocycles. The Morgan fingerprint density at radius 3 is 2.53 bits per heavy atom. The molecule has 1 aromatic heterocycles. The predicted molar refractivity (Wildman–Crippen MR) is 62.4 cm³/mol. The molecule has 0 aliphatic heterocycles. The summed E-state index contributed by atoms with van der Waals surface area (Å²) in [7, 11) is 1.64. The average molecular weight is 201 g/mol. The zero-order valence-electron chi connectivity index (χ0n) is 9.32. The highest BCUT2D eigenvalue weighted by Gasteiger charge is 2.02. The van der Waals surface area contributed by atoms with Crippen molar-refractivity contribution in [3.8, 4) is 5.88 Å². The summed E-state index contributed by atoms with van der Waals surface area (Å²) in [6.07, 6.45) is 0. The lowest BCUT2D eigenvalue weighted by atomic mass is 10.0. The van der Waals surface area contributed by atoms with Crippen LogP contribution in [-0.4, -0.2) is 12.1 Å². The van der Waals surface area contributed by atoms with Crippen molar-refractivity contribution in [3.63, 3.8) is 0 Å². The zero-order valence-corrected chi connectivity index (χ0v) is 9.32. The highest BCUT2D eigenvalue weighted by atomic mass is 16.5. The van der Waals surface area contributed by atoms with Crippen molar-refractivity contribution in [3.05, 3.63) is 35.9 Å². The Morgan fingerprint density at radius 1 is 1.13 bits per heavy atom. The number of nitrogens with zero attached hydrogens (tertiary/aromatic N) is 1. The molecule has 1 heterocycles. The van der Waals surface area contributed by atoms with Crippen LogP contribution >= 0.6 is 0 Å². The molecule has 0 unspecified atom stereocenters. The van der Waals surface area contributed by atoms with E-state index in [4.69, 9.17) is 4.74 Å². The topological polar surface area (TPSA) is 22.1 Å². The standard InChI is InChI=1S/C13H15NO/c1-9(2)11-5-4-10-6-7-13(15-3)14-12(10)8-11/h4-9H,1-3H3. The molecule has 0 atom stereocenters. The first kappa shape index (κ1) is 9.97. The zero-order chi connectivity index (χ0) is 10.8. The fourth-order valence-electron chi connectivity index (χ4n) is 1.59. The molecular formula is C13H15NO. The van der Waals surface area contributed by atoms with Crippen molar-refractivity contribution in [2.75, 3.05) is 7.11 Å². The van der Waals surface area contributed by atoms with Crippen LogP contribution in [0, 0.1) is 0 Å². The van der Waals surface area contributed by atoms with Crippen molar-refractivity contribution >= 4 is 10.9 Å². The van der Waals surface area contributed by atoms with Crippen molar-refractivity contribution < 1.29 is 4.74 Å². The van der Waals surface area contributed by atoms with Gasteiger partial charge >= 0.3 is 0 Å². The third-order valence-electron chi connectivity index (χ3n) is 2.57. The molecule has 15 heavy (non-hydrogen) atoms. The lowest BCUT2D eigenvalue weighted by Crippen LogP contribution is -1.90. The van der Waals surface area contributed by atoms with Crippen LogP contribution in [0.5, 0.6) is 5.88 Å². The molecule has 78 valence electrons. The van der Waals surface area contributed by atoms with Crippen LogP contribution in [0.25, 0.3) is 10.9 Å². The maximum absolute atomic E-state index is 5.11. The fourth-order valence-corrected chi connectivity index (χ4v) is 1.59. The highest BCUT2D eigenvalue weighted by molar-refractivity contribution is 5.79. The van der Waals surface area contributed by atoms with Gasteiger partial charge < -0.3 is 4.74 Å². The van der Waals surface area contributed by atoms with Crippen LogP contribution in [0.4, 0.5) is 0 Å². The van der Waals surface area contributed by atoms with Crippen LogP contribution in [0.2, 0.25) is 0 Å². The van der Waals surface area contributed by atoms with Gasteiger partial charge in [-0.05, 0) is 23.6 Å². The van der Waals surface area contributed by atoms with E-state index in [9.17, 15) is 0 Å². The Labute approximate surface area is 89.9 Å². The molecule has 1 aromatic carbocycles. The van der Waals surface area contributed by atoms with E-state index in [0.29, 0.717) is 11.8 Å². The van der Waals surface area contributed by atoms with E-state index >= 15 is 0 Å². The number of benzene rings is 1. The number of ether oxygens (including phenoxy) is 1. The van der Waals surface area contributed by atoms with Gasteiger partial charge in [-0.3, -0.25) is 0 Å². The Morgan fingerprint density at radius 2 is 1.87 bits per heavy atom. The number of fused-ring (bicyclic) bond motifs is 1. The normalized spacial score (nSPS) is 10.9. The molecule has 0 N–H and O–H groups in total. The van der Waals surface area contributed by atoms with Crippen molar-refractivity contribution in [1.82, 2.24) is 4.98 Å². The maximum atomic E-state index is 5.11. The largest absolute Gasteiger partial charge is 0.481 e. The van der Waals surface area contributed by atoms with Gasteiger partial charge in [-0.25, -0.2) is 4.98 Å². The van der Waals surface area contributed by atoms with Gasteiger partial charge in [0.1, 0.15) is 0 Å². The van der Waals surface area contributed by atoms with Crippen molar-refractivity contribution in [1.29, 1.82) is 0 Å². The summed E-state index contributed by atoms with van der Waals surface area (Å²) in [5.41, 5.74) is 2.31. The first-order valence-electron chi connectivity index (χ1n) is 5.15. The van der Waals surface area contributed by atoms with Crippen LogP contribution in [0.1, 0.15) is 25.3 Å². The van der Waals surface area contributed by atoms with Crippen LogP contribution in [0.15, 0.2) is 30.3 Å². The first-order chi connectivity index (χ1) is 7.20. The summed E-state index contributed by atoms with van der Waals surface area (Å²) in [5, 5.41) is 1.15. The molecule has 0 amide bonds. The lowest BCUT2D eigenvalue weighted by Gasteiger charge is -2.07. The number of methoxy groups -OCH3 is 1. The molecule has 2 heteroatoms. The minimum Gasteiger partial charge on any atom is -0.481 e. The molecule has 0 fully saturated rings. The average Bonchev–Trinajstić information content (AvgIpc) is 2.27. The van der Waals surface area contributed by atoms with Crippen LogP contribution in [-0.2, 0) is 0 Å². The van der Waals surface area contributed by atoms with E-state index in [1.54, 1.807) is 7.11 Å². The fraction of sp³-hybridized carbons (Fsp3) is 0.308. The molecule has 2 nitrogen and oxygen atoms in total. The number of aromatic nitrogens is 1. The van der Waals surface area contributed by atoms with E-state index < -0.39 is 0 Å². The number of hydrogen-bond donors (Lipinski definition) is 0. The SMILES string of the molecule is COc1ccc2ccc(C(C)C)cc2n1. The van der Waals surface area contributed by atoms with E-state index in [1.165, 1.54) is 5.56 Å². The second kappa shape index (κ2) is 3.89. The van der Waals surface area contributed by atoms with Gasteiger partial charge in [0.25, 0.3) is 0 Å². The van der Waals surface area contributed by atoms with Crippen molar-refractivity contribution in [2.24, 2.45) is 0 Å². The van der Waals surface area contributed by atoms with E-state index in [2.05, 4.69) is 37.0 Å². The summed E-state index contributed by atoms with van der Waals surface area (Å²) < 4.78 is 5.11. The lowest BCUT2D eigenvalue weighted by molar-refractivity contribution is 0.399. The van der Waals surface area contributed by atoms with Gasteiger partial charge in [0.05, 0.1) is 12.6 Å². The highest BCUT2D eigenvalue weighted by Crippen LogP contribution is 2.21.